The molecule has 0 amide bonds. The largest absolute Gasteiger partial charge is 0.388 e. The summed E-state index contributed by atoms with van der Waals surface area (Å²) in [5, 5.41) is 9.92. The van der Waals surface area contributed by atoms with Crippen molar-refractivity contribution >= 4 is 10.8 Å². The van der Waals surface area contributed by atoms with Gasteiger partial charge in [0, 0.05) is 4.90 Å². The zero-order valence-electron chi connectivity index (χ0n) is 13.2. The van der Waals surface area contributed by atoms with Crippen LogP contribution in [0.15, 0.2) is 71.6 Å². The Morgan fingerprint density at radius 2 is 1.83 bits per heavy atom. The molecule has 122 valence electrons. The molecule has 0 fully saturated rings. The van der Waals surface area contributed by atoms with E-state index in [1.807, 2.05) is 61.5 Å². The zero-order chi connectivity index (χ0) is 16.5. The molecule has 2 aromatic carbocycles. The van der Waals surface area contributed by atoms with Crippen LogP contribution in [0.4, 0.5) is 0 Å². The van der Waals surface area contributed by atoms with Crippen molar-refractivity contribution in [1.29, 1.82) is 0 Å². The lowest BCUT2D eigenvalue weighted by molar-refractivity contribution is 0.147. The van der Waals surface area contributed by atoms with Gasteiger partial charge in [-0.1, -0.05) is 60.2 Å². The molecule has 3 nitrogen and oxygen atoms in total. The summed E-state index contributed by atoms with van der Waals surface area (Å²) in [6, 6.07) is 17.4. The van der Waals surface area contributed by atoms with E-state index in [1.165, 1.54) is 0 Å². The molecule has 2 rings (SSSR count). The van der Waals surface area contributed by atoms with Gasteiger partial charge in [-0.15, -0.1) is 0 Å². The van der Waals surface area contributed by atoms with E-state index in [-0.39, 0.29) is 5.75 Å². The minimum atomic E-state index is -1.20. The first-order chi connectivity index (χ1) is 11.1. The maximum Gasteiger partial charge on any atom is 0.0840 e. The molecule has 0 radical (unpaired) electrons. The minimum Gasteiger partial charge on any atom is -0.388 e. The van der Waals surface area contributed by atoms with E-state index in [0.717, 1.165) is 16.0 Å². The summed E-state index contributed by atoms with van der Waals surface area (Å²) < 4.78 is 17.6. The van der Waals surface area contributed by atoms with Gasteiger partial charge in [0.05, 0.1) is 35.9 Å². The van der Waals surface area contributed by atoms with Gasteiger partial charge in [-0.25, -0.2) is 0 Å². The van der Waals surface area contributed by atoms with E-state index in [1.54, 1.807) is 12.2 Å². The first-order valence-electron chi connectivity index (χ1n) is 7.56. The topological polar surface area (TPSA) is 46.5 Å². The van der Waals surface area contributed by atoms with E-state index < -0.39 is 16.9 Å². The highest BCUT2D eigenvalue weighted by Gasteiger charge is 2.08. The van der Waals surface area contributed by atoms with E-state index in [2.05, 4.69) is 0 Å². The van der Waals surface area contributed by atoms with Crippen molar-refractivity contribution in [2.24, 2.45) is 0 Å². The van der Waals surface area contributed by atoms with Crippen molar-refractivity contribution in [2.75, 3.05) is 12.4 Å². The molecule has 23 heavy (non-hydrogen) atoms. The van der Waals surface area contributed by atoms with Gasteiger partial charge < -0.3 is 9.84 Å². The van der Waals surface area contributed by atoms with Crippen molar-refractivity contribution in [2.45, 2.75) is 24.5 Å². The van der Waals surface area contributed by atoms with Crippen LogP contribution in [0.25, 0.3) is 0 Å². The second-order valence-electron chi connectivity index (χ2n) is 5.32. The van der Waals surface area contributed by atoms with Gasteiger partial charge >= 0.3 is 0 Å². The van der Waals surface area contributed by atoms with Crippen LogP contribution in [0.3, 0.4) is 0 Å². The van der Waals surface area contributed by atoms with Crippen LogP contribution in [-0.4, -0.2) is 27.8 Å². The Balaban J connectivity index is 1.70. The predicted molar refractivity (Wildman–Crippen MR) is 93.7 cm³/mol. The molecule has 0 unspecified atom stereocenters. The number of hydrogen-bond acceptors (Lipinski definition) is 3. The number of aryl methyl sites for hydroxylation is 1. The summed E-state index contributed by atoms with van der Waals surface area (Å²) in [6.07, 6.45) is 2.66. The lowest BCUT2D eigenvalue weighted by Gasteiger charge is -2.06. The molecule has 2 atom stereocenters. The van der Waals surface area contributed by atoms with E-state index >= 15 is 0 Å². The van der Waals surface area contributed by atoms with Gasteiger partial charge in [0.1, 0.15) is 0 Å². The third kappa shape index (κ3) is 6.48. The highest BCUT2D eigenvalue weighted by Crippen LogP contribution is 2.09. The maximum atomic E-state index is 12.1. The smallest absolute Gasteiger partial charge is 0.0840 e. The zero-order valence-corrected chi connectivity index (χ0v) is 14.0. The molecular weight excluding hydrogens is 308 g/mol. The average Bonchev–Trinajstić information content (AvgIpc) is 2.56. The third-order valence-corrected chi connectivity index (χ3v) is 4.73. The molecule has 0 aliphatic carbocycles. The summed E-state index contributed by atoms with van der Waals surface area (Å²) in [5.74, 6) is 0.193. The molecule has 0 aliphatic rings. The maximum absolute atomic E-state index is 12.1. The van der Waals surface area contributed by atoms with E-state index in [4.69, 9.17) is 4.74 Å². The lowest BCUT2D eigenvalue weighted by Crippen LogP contribution is -2.14. The monoisotopic (exact) mass is 330 g/mol. The average molecular weight is 330 g/mol. The lowest BCUT2D eigenvalue weighted by atomic mass is 10.2. The van der Waals surface area contributed by atoms with Crippen molar-refractivity contribution in [3.63, 3.8) is 0 Å². The van der Waals surface area contributed by atoms with Crippen molar-refractivity contribution in [3.8, 4) is 0 Å². The summed E-state index contributed by atoms with van der Waals surface area (Å²) in [5.41, 5.74) is 2.24. The molecular formula is C19H22O3S. The molecule has 0 saturated heterocycles. The second kappa shape index (κ2) is 9.40. The molecule has 0 heterocycles. The number of aliphatic hydroxyl groups is 1. The fourth-order valence-electron chi connectivity index (χ4n) is 2.03. The van der Waals surface area contributed by atoms with Crippen LogP contribution in [0.1, 0.15) is 11.1 Å². The van der Waals surface area contributed by atoms with Crippen molar-refractivity contribution in [1.82, 2.24) is 0 Å². The Hall–Kier alpha value is -1.75. The molecule has 0 bridgehead atoms. The predicted octanol–water partition coefficient (Wildman–Crippen LogP) is 3.24. The molecule has 0 saturated carbocycles. The summed E-state index contributed by atoms with van der Waals surface area (Å²) in [7, 11) is -1.20. The summed E-state index contributed by atoms with van der Waals surface area (Å²) >= 11 is 0. The summed E-state index contributed by atoms with van der Waals surface area (Å²) in [4.78, 5) is 0.739. The number of aliphatic hydroxyl groups excluding tert-OH is 1. The van der Waals surface area contributed by atoms with Gasteiger partial charge in [-0.05, 0) is 24.6 Å². The van der Waals surface area contributed by atoms with Gasteiger partial charge in [0.25, 0.3) is 0 Å². The first-order valence-corrected chi connectivity index (χ1v) is 8.88. The van der Waals surface area contributed by atoms with Gasteiger partial charge in [-0.3, -0.25) is 4.21 Å². The van der Waals surface area contributed by atoms with E-state index in [9.17, 15) is 9.32 Å². The Kier molecular flexibility index (Phi) is 7.20. The first kappa shape index (κ1) is 17.6. The molecule has 1 N–H and O–H groups in total. The Morgan fingerprint density at radius 1 is 1.13 bits per heavy atom. The molecule has 0 aromatic heterocycles. The minimum absolute atomic E-state index is 0.193. The fraction of sp³-hybridized carbons (Fsp3) is 0.263. The Labute approximate surface area is 140 Å². The number of benzene rings is 2. The quantitative estimate of drug-likeness (QED) is 0.597. The van der Waals surface area contributed by atoms with Crippen molar-refractivity contribution < 1.29 is 14.1 Å². The molecule has 0 spiro atoms. The second-order valence-corrected chi connectivity index (χ2v) is 6.82. The highest BCUT2D eigenvalue weighted by atomic mass is 32.2. The van der Waals surface area contributed by atoms with Crippen LogP contribution in [-0.2, 0) is 22.1 Å². The van der Waals surface area contributed by atoms with Gasteiger partial charge in [-0.2, -0.15) is 0 Å². The molecule has 4 heteroatoms. The van der Waals surface area contributed by atoms with Crippen LogP contribution < -0.4 is 0 Å². The molecule has 2 aromatic rings. The fourth-order valence-corrected chi connectivity index (χ4v) is 3.08. The third-order valence-electron chi connectivity index (χ3n) is 3.29. The Bertz CT molecular complexity index is 635. The SMILES string of the molecule is Cc1ccc([S@](=O)C[C@H](O)/C=C/COCc2ccccc2)cc1. The van der Waals surface area contributed by atoms with Crippen LogP contribution in [0, 0.1) is 6.92 Å². The van der Waals surface area contributed by atoms with Crippen LogP contribution in [0.2, 0.25) is 0 Å². The highest BCUT2D eigenvalue weighted by molar-refractivity contribution is 7.85. The Morgan fingerprint density at radius 3 is 2.52 bits per heavy atom. The molecule has 0 aliphatic heterocycles. The summed E-state index contributed by atoms with van der Waals surface area (Å²) in [6.45, 7) is 2.94. The van der Waals surface area contributed by atoms with Crippen LogP contribution in [0.5, 0.6) is 0 Å². The van der Waals surface area contributed by atoms with Crippen LogP contribution >= 0.6 is 0 Å². The van der Waals surface area contributed by atoms with Crippen molar-refractivity contribution in [3.05, 3.63) is 77.9 Å². The van der Waals surface area contributed by atoms with Gasteiger partial charge in [0.15, 0.2) is 0 Å². The number of hydrogen-bond donors (Lipinski definition) is 1. The number of rotatable bonds is 8. The van der Waals surface area contributed by atoms with E-state index in [0.29, 0.717) is 13.2 Å². The number of ether oxygens (including phenoxy) is 1. The van der Waals surface area contributed by atoms with Gasteiger partial charge in [0.2, 0.25) is 0 Å². The standard InChI is InChI=1S/C19H22O3S/c1-16-9-11-19(12-10-16)23(21)15-18(20)8-5-13-22-14-17-6-3-2-4-7-17/h2-12,18,20H,13-15H2,1H3/b8-5+/t18-,23-/m1/s1. The normalized spacial score (nSPS) is 14.0.